The van der Waals surface area contributed by atoms with Crippen LogP contribution in [0.5, 0.6) is 11.5 Å². The molecule has 3 nitrogen and oxygen atoms in total. The minimum absolute atomic E-state index is 0.282. The summed E-state index contributed by atoms with van der Waals surface area (Å²) in [6, 6.07) is 18.3. The van der Waals surface area contributed by atoms with Crippen molar-refractivity contribution in [2.24, 2.45) is 0 Å². The second kappa shape index (κ2) is 6.29. The van der Waals surface area contributed by atoms with Crippen molar-refractivity contribution in [3.63, 3.8) is 0 Å². The predicted octanol–water partition coefficient (Wildman–Crippen LogP) is 3.95. The molecule has 1 aliphatic rings. The van der Waals surface area contributed by atoms with Crippen LogP contribution in [0.15, 0.2) is 54.6 Å². The highest BCUT2D eigenvalue weighted by molar-refractivity contribution is 5.35. The van der Waals surface area contributed by atoms with Crippen LogP contribution in [0.4, 0.5) is 0 Å². The molecule has 0 spiro atoms. The molecular weight excluding hydrogens is 262 g/mol. The molecule has 2 atom stereocenters. The third-order valence-corrected chi connectivity index (χ3v) is 4.00. The first kappa shape index (κ1) is 14.1. The Morgan fingerprint density at radius 1 is 1.10 bits per heavy atom. The summed E-state index contributed by atoms with van der Waals surface area (Å²) in [7, 11) is 0. The van der Waals surface area contributed by atoms with E-state index in [1.54, 1.807) is 0 Å². The van der Waals surface area contributed by atoms with Crippen molar-refractivity contribution in [3.8, 4) is 11.5 Å². The van der Waals surface area contributed by atoms with E-state index in [0.29, 0.717) is 0 Å². The second-order valence-corrected chi connectivity index (χ2v) is 5.52. The number of benzene rings is 2. The van der Waals surface area contributed by atoms with E-state index in [0.717, 1.165) is 30.9 Å². The summed E-state index contributed by atoms with van der Waals surface area (Å²) in [4.78, 5) is 2.14. The molecule has 3 rings (SSSR count). The quantitative estimate of drug-likeness (QED) is 0.922. The minimum atomic E-state index is -0.406. The lowest BCUT2D eigenvalue weighted by Gasteiger charge is -2.27. The van der Waals surface area contributed by atoms with Gasteiger partial charge in [-0.1, -0.05) is 30.3 Å². The van der Waals surface area contributed by atoms with Gasteiger partial charge >= 0.3 is 0 Å². The normalized spacial score (nSPS) is 20.4. The molecule has 21 heavy (non-hydrogen) atoms. The van der Waals surface area contributed by atoms with E-state index in [2.05, 4.69) is 17.0 Å². The molecule has 2 unspecified atom stereocenters. The van der Waals surface area contributed by atoms with Gasteiger partial charge in [-0.15, -0.1) is 0 Å². The molecule has 3 heteroatoms. The Morgan fingerprint density at radius 3 is 2.62 bits per heavy atom. The van der Waals surface area contributed by atoms with Gasteiger partial charge in [-0.3, -0.25) is 4.90 Å². The lowest BCUT2D eigenvalue weighted by Crippen LogP contribution is -2.32. The first-order chi connectivity index (χ1) is 10.2. The molecule has 1 fully saturated rings. The molecule has 110 valence electrons. The summed E-state index contributed by atoms with van der Waals surface area (Å²) in [5.41, 5.74) is 1.21. The van der Waals surface area contributed by atoms with Gasteiger partial charge in [-0.25, -0.2) is 0 Å². The van der Waals surface area contributed by atoms with Gasteiger partial charge in [-0.05, 0) is 49.6 Å². The zero-order valence-corrected chi connectivity index (χ0v) is 12.3. The smallest absolute Gasteiger partial charge is 0.127 e. The third-order valence-electron chi connectivity index (χ3n) is 4.00. The van der Waals surface area contributed by atoms with E-state index in [1.165, 1.54) is 5.56 Å². The summed E-state index contributed by atoms with van der Waals surface area (Å²) in [5, 5.41) is 9.88. The van der Waals surface area contributed by atoms with Crippen LogP contribution >= 0.6 is 0 Å². The van der Waals surface area contributed by atoms with Crippen LogP contribution in [0.25, 0.3) is 0 Å². The van der Waals surface area contributed by atoms with Gasteiger partial charge in [0.15, 0.2) is 0 Å². The molecule has 0 saturated carbocycles. The Balaban J connectivity index is 1.80. The average Bonchev–Trinajstić information content (AvgIpc) is 2.98. The third kappa shape index (κ3) is 3.26. The highest BCUT2D eigenvalue weighted by Gasteiger charge is 2.28. The Labute approximate surface area is 125 Å². The van der Waals surface area contributed by atoms with Crippen molar-refractivity contribution in [2.45, 2.75) is 32.0 Å². The van der Waals surface area contributed by atoms with Gasteiger partial charge in [0.25, 0.3) is 0 Å². The Bertz CT molecular complexity index is 583. The van der Waals surface area contributed by atoms with Crippen LogP contribution < -0.4 is 4.74 Å². The monoisotopic (exact) mass is 283 g/mol. The zero-order chi connectivity index (χ0) is 14.7. The number of nitrogens with zero attached hydrogens (tertiary/aromatic N) is 1. The lowest BCUT2D eigenvalue weighted by atomic mass is 10.0. The first-order valence-corrected chi connectivity index (χ1v) is 7.51. The number of hydrogen-bond donors (Lipinski definition) is 1. The van der Waals surface area contributed by atoms with E-state index < -0.39 is 6.23 Å². The predicted molar refractivity (Wildman–Crippen MR) is 83.3 cm³/mol. The highest BCUT2D eigenvalue weighted by Crippen LogP contribution is 2.35. The fraction of sp³-hybridized carbons (Fsp3) is 0.333. The van der Waals surface area contributed by atoms with Gasteiger partial charge in [0.05, 0.1) is 0 Å². The summed E-state index contributed by atoms with van der Waals surface area (Å²) in [5.74, 6) is 1.68. The second-order valence-electron chi connectivity index (χ2n) is 5.52. The van der Waals surface area contributed by atoms with Gasteiger partial charge in [0, 0.05) is 12.6 Å². The molecule has 1 heterocycles. The van der Waals surface area contributed by atoms with Crippen LogP contribution in [0.2, 0.25) is 0 Å². The van der Waals surface area contributed by atoms with Crippen LogP contribution in [-0.4, -0.2) is 22.8 Å². The summed E-state index contributed by atoms with van der Waals surface area (Å²) >= 11 is 0. The molecular formula is C18H21NO2. The molecule has 1 N–H and O–H groups in total. The number of ether oxygens (including phenoxy) is 1. The molecule has 0 bridgehead atoms. The number of hydrogen-bond acceptors (Lipinski definition) is 3. The standard InChI is InChI=1S/C18H21NO2/c1-14(20)19-12-6-11-18(19)15-7-5-10-17(13-15)21-16-8-3-2-4-9-16/h2-5,7-10,13-14,18,20H,6,11-12H2,1H3. The zero-order valence-electron chi connectivity index (χ0n) is 12.3. The van der Waals surface area contributed by atoms with Crippen molar-refractivity contribution in [1.29, 1.82) is 0 Å². The lowest BCUT2D eigenvalue weighted by molar-refractivity contribution is 0.00912. The Morgan fingerprint density at radius 2 is 1.86 bits per heavy atom. The maximum Gasteiger partial charge on any atom is 0.127 e. The van der Waals surface area contributed by atoms with Crippen LogP contribution in [-0.2, 0) is 0 Å². The molecule has 0 radical (unpaired) electrons. The SMILES string of the molecule is CC(O)N1CCCC1c1cccc(Oc2ccccc2)c1. The van der Waals surface area contributed by atoms with Crippen LogP contribution in [0, 0.1) is 0 Å². The fourth-order valence-electron chi connectivity index (χ4n) is 3.00. The van der Waals surface area contributed by atoms with Crippen LogP contribution in [0.3, 0.4) is 0 Å². The summed E-state index contributed by atoms with van der Waals surface area (Å²) in [6.07, 6.45) is 1.80. The molecule has 0 aliphatic carbocycles. The van der Waals surface area contributed by atoms with Crippen molar-refractivity contribution in [2.75, 3.05) is 6.54 Å². The molecule has 1 aliphatic heterocycles. The van der Waals surface area contributed by atoms with Gasteiger partial charge in [0.1, 0.15) is 17.7 Å². The maximum atomic E-state index is 9.88. The summed E-state index contributed by atoms with van der Waals surface area (Å²) < 4.78 is 5.89. The topological polar surface area (TPSA) is 32.7 Å². The maximum absolute atomic E-state index is 9.88. The highest BCUT2D eigenvalue weighted by atomic mass is 16.5. The van der Waals surface area contributed by atoms with Gasteiger partial charge in [0.2, 0.25) is 0 Å². The molecule has 0 amide bonds. The van der Waals surface area contributed by atoms with E-state index in [9.17, 15) is 5.11 Å². The van der Waals surface area contributed by atoms with Crippen molar-refractivity contribution in [1.82, 2.24) is 4.90 Å². The summed E-state index contributed by atoms with van der Waals surface area (Å²) in [6.45, 7) is 2.79. The first-order valence-electron chi connectivity index (χ1n) is 7.51. The average molecular weight is 283 g/mol. The molecule has 2 aromatic carbocycles. The van der Waals surface area contributed by atoms with Crippen molar-refractivity contribution < 1.29 is 9.84 Å². The van der Waals surface area contributed by atoms with E-state index in [4.69, 9.17) is 4.74 Å². The molecule has 0 aromatic heterocycles. The number of aliphatic hydroxyl groups is 1. The van der Waals surface area contributed by atoms with E-state index in [-0.39, 0.29) is 6.04 Å². The molecule has 2 aromatic rings. The van der Waals surface area contributed by atoms with Gasteiger partial charge in [-0.2, -0.15) is 0 Å². The van der Waals surface area contributed by atoms with E-state index in [1.807, 2.05) is 49.4 Å². The van der Waals surface area contributed by atoms with Crippen LogP contribution in [0.1, 0.15) is 31.4 Å². The van der Waals surface area contributed by atoms with Crippen molar-refractivity contribution >= 4 is 0 Å². The number of rotatable bonds is 4. The number of aliphatic hydroxyl groups excluding tert-OH is 1. The van der Waals surface area contributed by atoms with Crippen molar-refractivity contribution in [3.05, 3.63) is 60.2 Å². The number of likely N-dealkylation sites (tertiary alicyclic amines) is 1. The fourth-order valence-corrected chi connectivity index (χ4v) is 3.00. The Kier molecular flexibility index (Phi) is 4.23. The van der Waals surface area contributed by atoms with E-state index >= 15 is 0 Å². The molecule has 1 saturated heterocycles. The largest absolute Gasteiger partial charge is 0.457 e. The minimum Gasteiger partial charge on any atom is -0.457 e. The van der Waals surface area contributed by atoms with Gasteiger partial charge < -0.3 is 9.84 Å². The number of para-hydroxylation sites is 1. The Hall–Kier alpha value is -1.84.